The van der Waals surface area contributed by atoms with Gasteiger partial charge >= 0.3 is 5.97 Å². The zero-order valence-corrected chi connectivity index (χ0v) is 19.6. The van der Waals surface area contributed by atoms with Crippen molar-refractivity contribution < 1.29 is 14.6 Å². The van der Waals surface area contributed by atoms with Gasteiger partial charge in [-0.2, -0.15) is 5.26 Å². The summed E-state index contributed by atoms with van der Waals surface area (Å²) in [6.45, 7) is 5.22. The molecule has 0 bridgehead atoms. The average molecular weight is 465 g/mol. The van der Waals surface area contributed by atoms with Crippen molar-refractivity contribution in [3.63, 3.8) is 0 Å². The minimum absolute atomic E-state index is 0.511. The van der Waals surface area contributed by atoms with Crippen LogP contribution in [0.1, 0.15) is 30.7 Å². The second-order valence-corrected chi connectivity index (χ2v) is 8.57. The molecule has 4 aromatic rings. The van der Waals surface area contributed by atoms with E-state index in [4.69, 9.17) is 4.74 Å². The van der Waals surface area contributed by atoms with Gasteiger partial charge in [-0.05, 0) is 62.7 Å². The second-order valence-electron chi connectivity index (χ2n) is 8.57. The van der Waals surface area contributed by atoms with E-state index in [1.54, 1.807) is 56.4 Å². The fourth-order valence-electron chi connectivity index (χ4n) is 3.53. The van der Waals surface area contributed by atoms with Crippen LogP contribution in [0.3, 0.4) is 0 Å². The summed E-state index contributed by atoms with van der Waals surface area (Å²) < 4.78 is 6.18. The van der Waals surface area contributed by atoms with Crippen LogP contribution in [-0.2, 0) is 10.2 Å². The number of nitrogens with zero attached hydrogens (tertiary/aromatic N) is 3. The quantitative estimate of drug-likeness (QED) is 0.334. The number of carboxylic acids is 1. The summed E-state index contributed by atoms with van der Waals surface area (Å²) in [6, 6.07) is 23.9. The first kappa shape index (κ1) is 23.5. The summed E-state index contributed by atoms with van der Waals surface area (Å²) in [5.41, 5.74) is 2.95. The van der Waals surface area contributed by atoms with Gasteiger partial charge in [0.1, 0.15) is 17.3 Å². The van der Waals surface area contributed by atoms with Crippen molar-refractivity contribution in [3.8, 4) is 28.8 Å². The molecule has 7 heteroatoms. The van der Waals surface area contributed by atoms with Crippen LogP contribution in [0.2, 0.25) is 0 Å². The fourth-order valence-corrected chi connectivity index (χ4v) is 3.53. The molecule has 0 radical (unpaired) electrons. The maximum atomic E-state index is 11.6. The van der Waals surface area contributed by atoms with Gasteiger partial charge in [0, 0.05) is 29.2 Å². The lowest BCUT2D eigenvalue weighted by Crippen LogP contribution is -2.28. The van der Waals surface area contributed by atoms with Crippen LogP contribution in [-0.4, -0.2) is 21.0 Å². The van der Waals surface area contributed by atoms with E-state index in [1.807, 2.05) is 43.3 Å². The number of hydrogen-bond donors (Lipinski definition) is 2. The Hall–Kier alpha value is -4.70. The van der Waals surface area contributed by atoms with Gasteiger partial charge in [0.25, 0.3) is 0 Å². The van der Waals surface area contributed by atoms with Crippen molar-refractivity contribution in [1.29, 1.82) is 5.26 Å². The summed E-state index contributed by atoms with van der Waals surface area (Å²) in [6.07, 6.45) is 1.62. The standard InChI is InChI=1S/C28H24N4O3/c1-18-11-12-24(26(31-18)23-10-5-4-7-19(23)17-29)35-22-13-14-30-25(16-22)32-21-9-6-8-20(15-21)28(2,3)27(33)34/h4-16H,1-3H3,(H,30,32)(H,33,34). The van der Waals surface area contributed by atoms with Crippen LogP contribution in [0.4, 0.5) is 11.5 Å². The number of carbonyl (C=O) groups is 1. The van der Waals surface area contributed by atoms with Crippen molar-refractivity contribution in [3.05, 3.63) is 95.8 Å². The molecule has 0 saturated heterocycles. The number of carboxylic acid groups (broad SMARTS) is 1. The molecule has 2 aromatic heterocycles. The lowest BCUT2D eigenvalue weighted by molar-refractivity contribution is -0.142. The molecular weight excluding hydrogens is 440 g/mol. The minimum Gasteiger partial charge on any atom is -0.481 e. The van der Waals surface area contributed by atoms with Crippen molar-refractivity contribution in [2.45, 2.75) is 26.2 Å². The number of pyridine rings is 2. The Labute approximate surface area is 203 Å². The van der Waals surface area contributed by atoms with E-state index in [0.717, 1.165) is 5.69 Å². The number of benzene rings is 2. The molecule has 0 aliphatic carbocycles. The van der Waals surface area contributed by atoms with Crippen molar-refractivity contribution in [1.82, 2.24) is 9.97 Å². The van der Waals surface area contributed by atoms with Crippen LogP contribution in [0, 0.1) is 18.3 Å². The van der Waals surface area contributed by atoms with E-state index in [9.17, 15) is 15.2 Å². The van der Waals surface area contributed by atoms with E-state index in [2.05, 4.69) is 21.4 Å². The largest absolute Gasteiger partial charge is 0.481 e. The van der Waals surface area contributed by atoms with Crippen molar-refractivity contribution in [2.75, 3.05) is 5.32 Å². The highest BCUT2D eigenvalue weighted by molar-refractivity contribution is 5.81. The smallest absolute Gasteiger partial charge is 0.313 e. The minimum atomic E-state index is -1.02. The second kappa shape index (κ2) is 9.65. The first-order valence-electron chi connectivity index (χ1n) is 11.0. The Morgan fingerprint density at radius 1 is 1.06 bits per heavy atom. The highest BCUT2D eigenvalue weighted by Gasteiger charge is 2.29. The fraction of sp³-hybridized carbons (Fsp3) is 0.143. The molecule has 35 heavy (non-hydrogen) atoms. The van der Waals surface area contributed by atoms with Crippen molar-refractivity contribution in [2.24, 2.45) is 0 Å². The first-order valence-corrected chi connectivity index (χ1v) is 11.0. The molecule has 2 aromatic carbocycles. The molecule has 0 fully saturated rings. The van der Waals surface area contributed by atoms with E-state index < -0.39 is 11.4 Å². The van der Waals surface area contributed by atoms with E-state index >= 15 is 0 Å². The van der Waals surface area contributed by atoms with Crippen LogP contribution in [0.15, 0.2) is 79.0 Å². The lowest BCUT2D eigenvalue weighted by atomic mass is 9.84. The molecule has 0 unspecified atom stereocenters. The summed E-state index contributed by atoms with van der Waals surface area (Å²) in [5, 5.41) is 22.3. The first-order chi connectivity index (χ1) is 16.8. The number of hydrogen-bond acceptors (Lipinski definition) is 6. The molecule has 7 nitrogen and oxygen atoms in total. The SMILES string of the molecule is Cc1ccc(Oc2ccnc(Nc3cccc(C(C)(C)C(=O)O)c3)c2)c(-c2ccccc2C#N)n1. The molecular formula is C28H24N4O3. The van der Waals surface area contributed by atoms with Gasteiger partial charge in [-0.1, -0.05) is 30.3 Å². The number of rotatable bonds is 7. The number of nitriles is 1. The predicted molar refractivity (Wildman–Crippen MR) is 134 cm³/mol. The number of anilines is 2. The van der Waals surface area contributed by atoms with Crippen molar-refractivity contribution >= 4 is 17.5 Å². The highest BCUT2D eigenvalue weighted by Crippen LogP contribution is 2.34. The Morgan fingerprint density at radius 3 is 2.63 bits per heavy atom. The zero-order chi connectivity index (χ0) is 25.0. The number of aliphatic carboxylic acids is 1. The number of aromatic nitrogens is 2. The molecule has 2 heterocycles. The number of aryl methyl sites for hydroxylation is 1. The van der Waals surface area contributed by atoms with Gasteiger partial charge in [-0.15, -0.1) is 0 Å². The highest BCUT2D eigenvalue weighted by atomic mass is 16.5. The Balaban J connectivity index is 1.63. The summed E-state index contributed by atoms with van der Waals surface area (Å²) >= 11 is 0. The van der Waals surface area contributed by atoms with Gasteiger partial charge in [0.2, 0.25) is 0 Å². The van der Waals surface area contributed by atoms with Gasteiger partial charge in [0.15, 0.2) is 5.75 Å². The molecule has 0 atom stereocenters. The molecule has 0 aliphatic rings. The van der Waals surface area contributed by atoms with Crippen LogP contribution in [0.25, 0.3) is 11.3 Å². The third kappa shape index (κ3) is 5.12. The molecule has 0 spiro atoms. The lowest BCUT2D eigenvalue weighted by Gasteiger charge is -2.20. The molecule has 0 amide bonds. The maximum absolute atomic E-state index is 11.6. The Kier molecular flexibility index (Phi) is 6.47. The number of nitrogens with one attached hydrogen (secondary N) is 1. The van der Waals surface area contributed by atoms with E-state index in [-0.39, 0.29) is 0 Å². The van der Waals surface area contributed by atoms with Gasteiger partial charge in [-0.25, -0.2) is 9.97 Å². The maximum Gasteiger partial charge on any atom is 0.313 e. The predicted octanol–water partition coefficient (Wildman–Crippen LogP) is 6.22. The summed E-state index contributed by atoms with van der Waals surface area (Å²) in [4.78, 5) is 20.6. The van der Waals surface area contributed by atoms with Gasteiger partial charge in [-0.3, -0.25) is 4.79 Å². The molecule has 4 rings (SSSR count). The topological polar surface area (TPSA) is 108 Å². The van der Waals surface area contributed by atoms with Gasteiger partial charge < -0.3 is 15.2 Å². The van der Waals surface area contributed by atoms with Gasteiger partial charge in [0.05, 0.1) is 17.0 Å². The molecule has 2 N–H and O–H groups in total. The van der Waals surface area contributed by atoms with E-state index in [1.165, 1.54) is 0 Å². The van der Waals surface area contributed by atoms with Crippen LogP contribution >= 0.6 is 0 Å². The summed E-state index contributed by atoms with van der Waals surface area (Å²) in [5.74, 6) is 0.682. The molecule has 0 saturated carbocycles. The molecule has 174 valence electrons. The van der Waals surface area contributed by atoms with Crippen LogP contribution < -0.4 is 10.1 Å². The average Bonchev–Trinajstić information content (AvgIpc) is 2.85. The Bertz CT molecular complexity index is 1440. The van der Waals surface area contributed by atoms with E-state index in [0.29, 0.717) is 45.4 Å². The third-order valence-electron chi connectivity index (χ3n) is 5.65. The third-order valence-corrected chi connectivity index (χ3v) is 5.65. The molecule has 0 aliphatic heterocycles. The Morgan fingerprint density at radius 2 is 1.86 bits per heavy atom. The zero-order valence-electron chi connectivity index (χ0n) is 19.6. The monoisotopic (exact) mass is 464 g/mol. The normalized spacial score (nSPS) is 10.9. The van der Waals surface area contributed by atoms with Crippen LogP contribution in [0.5, 0.6) is 11.5 Å². The number of ether oxygens (including phenoxy) is 1. The summed E-state index contributed by atoms with van der Waals surface area (Å²) in [7, 11) is 0.